The number of nitrogens with one attached hydrogen (secondary N) is 1. The van der Waals surface area contributed by atoms with E-state index in [0.29, 0.717) is 11.4 Å². The second-order valence-electron chi connectivity index (χ2n) is 4.16. The number of hydrogen-bond donors (Lipinski definition) is 2. The Hall–Kier alpha value is -2.89. The molecule has 0 unspecified atom stereocenters. The first-order chi connectivity index (χ1) is 9.56. The van der Waals surface area contributed by atoms with Crippen LogP contribution in [0, 0.1) is 10.1 Å². The number of phenols is 1. The van der Waals surface area contributed by atoms with Crippen LogP contribution in [0.4, 0.5) is 11.4 Å². The van der Waals surface area contributed by atoms with Gasteiger partial charge in [-0.1, -0.05) is 12.1 Å². The van der Waals surface area contributed by atoms with Gasteiger partial charge in [-0.3, -0.25) is 15.5 Å². The summed E-state index contributed by atoms with van der Waals surface area (Å²) in [5, 5.41) is 24.1. The molecule has 0 aromatic heterocycles. The number of benzene rings is 2. The van der Waals surface area contributed by atoms with Gasteiger partial charge in [0.1, 0.15) is 5.75 Å². The Morgan fingerprint density at radius 3 is 2.55 bits per heavy atom. The molecule has 0 aliphatic heterocycles. The molecular formula is C14H13N3O3. The Morgan fingerprint density at radius 1 is 1.25 bits per heavy atom. The van der Waals surface area contributed by atoms with E-state index in [1.165, 1.54) is 12.1 Å². The summed E-state index contributed by atoms with van der Waals surface area (Å²) < 4.78 is 0. The quantitative estimate of drug-likeness (QED) is 0.508. The fourth-order valence-electron chi connectivity index (χ4n) is 1.60. The molecule has 0 saturated heterocycles. The molecule has 2 rings (SSSR count). The van der Waals surface area contributed by atoms with E-state index in [9.17, 15) is 15.2 Å². The molecule has 6 heteroatoms. The SMILES string of the molecule is C/C(=N/Nc1ccc([N+](=O)[O-])cc1)c1cccc(O)c1. The summed E-state index contributed by atoms with van der Waals surface area (Å²) in [5.74, 6) is 0.174. The van der Waals surface area contributed by atoms with Crippen LogP contribution in [0.25, 0.3) is 0 Å². The minimum absolute atomic E-state index is 0.0317. The number of nitro groups is 1. The molecule has 0 heterocycles. The van der Waals surface area contributed by atoms with Crippen molar-refractivity contribution >= 4 is 17.1 Å². The van der Waals surface area contributed by atoms with Gasteiger partial charge in [0.05, 0.1) is 16.3 Å². The van der Waals surface area contributed by atoms with Crippen molar-refractivity contribution in [3.63, 3.8) is 0 Å². The molecule has 0 radical (unpaired) electrons. The van der Waals surface area contributed by atoms with Crippen molar-refractivity contribution in [2.45, 2.75) is 6.92 Å². The molecule has 0 spiro atoms. The molecule has 6 nitrogen and oxygen atoms in total. The van der Waals surface area contributed by atoms with Crippen LogP contribution in [0.15, 0.2) is 53.6 Å². The van der Waals surface area contributed by atoms with Crippen molar-refractivity contribution in [3.8, 4) is 5.75 Å². The third-order valence-electron chi connectivity index (χ3n) is 2.69. The van der Waals surface area contributed by atoms with Crippen LogP contribution in [-0.2, 0) is 0 Å². The van der Waals surface area contributed by atoms with Crippen LogP contribution < -0.4 is 5.43 Å². The molecule has 0 fully saturated rings. The smallest absolute Gasteiger partial charge is 0.269 e. The Bertz CT molecular complexity index is 651. The van der Waals surface area contributed by atoms with Gasteiger partial charge in [0, 0.05) is 17.7 Å². The Morgan fingerprint density at radius 2 is 1.95 bits per heavy atom. The van der Waals surface area contributed by atoms with E-state index >= 15 is 0 Å². The number of hydrogen-bond acceptors (Lipinski definition) is 5. The normalized spacial score (nSPS) is 11.2. The third kappa shape index (κ3) is 3.32. The molecule has 102 valence electrons. The summed E-state index contributed by atoms with van der Waals surface area (Å²) in [6.45, 7) is 1.80. The number of anilines is 1. The zero-order valence-electron chi connectivity index (χ0n) is 10.8. The molecule has 2 aromatic rings. The van der Waals surface area contributed by atoms with Gasteiger partial charge in [-0.25, -0.2) is 0 Å². The van der Waals surface area contributed by atoms with Gasteiger partial charge in [0.15, 0.2) is 0 Å². The minimum Gasteiger partial charge on any atom is -0.508 e. The zero-order valence-corrected chi connectivity index (χ0v) is 10.8. The third-order valence-corrected chi connectivity index (χ3v) is 2.69. The van der Waals surface area contributed by atoms with E-state index in [4.69, 9.17) is 0 Å². The Kier molecular flexibility index (Phi) is 3.95. The van der Waals surface area contributed by atoms with Crippen LogP contribution in [0.1, 0.15) is 12.5 Å². The molecule has 2 aromatic carbocycles. The van der Waals surface area contributed by atoms with Gasteiger partial charge in [-0.15, -0.1) is 0 Å². The molecular weight excluding hydrogens is 258 g/mol. The van der Waals surface area contributed by atoms with Crippen molar-refractivity contribution in [2.75, 3.05) is 5.43 Å². The lowest BCUT2D eigenvalue weighted by Crippen LogP contribution is -1.99. The summed E-state index contributed by atoms with van der Waals surface area (Å²) in [7, 11) is 0. The van der Waals surface area contributed by atoms with Crippen LogP contribution >= 0.6 is 0 Å². The highest BCUT2D eigenvalue weighted by Gasteiger charge is 2.03. The van der Waals surface area contributed by atoms with E-state index < -0.39 is 4.92 Å². The average molecular weight is 271 g/mol. The predicted molar refractivity (Wildman–Crippen MR) is 77.0 cm³/mol. The van der Waals surface area contributed by atoms with Gasteiger partial charge in [0.25, 0.3) is 5.69 Å². The van der Waals surface area contributed by atoms with E-state index in [-0.39, 0.29) is 11.4 Å². The highest BCUT2D eigenvalue weighted by molar-refractivity contribution is 5.99. The molecule has 0 atom stereocenters. The molecule has 0 saturated carbocycles. The van der Waals surface area contributed by atoms with Gasteiger partial charge in [-0.2, -0.15) is 5.10 Å². The highest BCUT2D eigenvalue weighted by atomic mass is 16.6. The van der Waals surface area contributed by atoms with Gasteiger partial charge >= 0.3 is 0 Å². The van der Waals surface area contributed by atoms with Crippen molar-refractivity contribution in [2.24, 2.45) is 5.10 Å². The highest BCUT2D eigenvalue weighted by Crippen LogP contribution is 2.16. The number of non-ortho nitro benzene ring substituents is 1. The van der Waals surface area contributed by atoms with Crippen LogP contribution in [0.3, 0.4) is 0 Å². The molecule has 0 amide bonds. The van der Waals surface area contributed by atoms with E-state index in [1.807, 2.05) is 6.07 Å². The van der Waals surface area contributed by atoms with Gasteiger partial charge < -0.3 is 5.11 Å². The van der Waals surface area contributed by atoms with E-state index in [1.54, 1.807) is 37.3 Å². The fourth-order valence-corrected chi connectivity index (χ4v) is 1.60. The maximum absolute atomic E-state index is 10.5. The molecule has 20 heavy (non-hydrogen) atoms. The van der Waals surface area contributed by atoms with Crippen LogP contribution in [0.2, 0.25) is 0 Å². The zero-order chi connectivity index (χ0) is 14.5. The van der Waals surface area contributed by atoms with Gasteiger partial charge in [-0.05, 0) is 31.2 Å². The maximum atomic E-state index is 10.5. The summed E-state index contributed by atoms with van der Waals surface area (Å²) in [4.78, 5) is 10.1. The summed E-state index contributed by atoms with van der Waals surface area (Å²) in [6, 6.07) is 12.7. The molecule has 2 N–H and O–H groups in total. The summed E-state index contributed by atoms with van der Waals surface area (Å²) in [6.07, 6.45) is 0. The lowest BCUT2D eigenvalue weighted by Gasteiger charge is -2.04. The Balaban J connectivity index is 2.10. The topological polar surface area (TPSA) is 87.8 Å². The first kappa shape index (κ1) is 13.5. The molecule has 0 bridgehead atoms. The van der Waals surface area contributed by atoms with E-state index in [2.05, 4.69) is 10.5 Å². The fraction of sp³-hybridized carbons (Fsp3) is 0.0714. The standard InChI is InChI=1S/C14H13N3O3/c1-10(11-3-2-4-14(18)9-11)15-16-12-5-7-13(8-6-12)17(19)20/h2-9,16,18H,1H3/b15-10-. The maximum Gasteiger partial charge on any atom is 0.269 e. The second-order valence-corrected chi connectivity index (χ2v) is 4.16. The van der Waals surface area contributed by atoms with Crippen molar-refractivity contribution in [1.29, 1.82) is 0 Å². The first-order valence-electron chi connectivity index (χ1n) is 5.90. The van der Waals surface area contributed by atoms with E-state index in [0.717, 1.165) is 5.56 Å². The number of nitro benzene ring substituents is 1. The van der Waals surface area contributed by atoms with Crippen LogP contribution in [-0.4, -0.2) is 15.7 Å². The van der Waals surface area contributed by atoms with Gasteiger partial charge in [0.2, 0.25) is 0 Å². The number of nitrogens with zero attached hydrogens (tertiary/aromatic N) is 2. The largest absolute Gasteiger partial charge is 0.508 e. The first-order valence-corrected chi connectivity index (χ1v) is 5.90. The average Bonchev–Trinajstić information content (AvgIpc) is 2.45. The molecule has 0 aliphatic carbocycles. The number of phenolic OH excluding ortho intramolecular Hbond substituents is 1. The van der Waals surface area contributed by atoms with Crippen LogP contribution in [0.5, 0.6) is 5.75 Å². The van der Waals surface area contributed by atoms with Crippen molar-refractivity contribution in [1.82, 2.24) is 0 Å². The lowest BCUT2D eigenvalue weighted by molar-refractivity contribution is -0.384. The number of hydrazone groups is 1. The summed E-state index contributed by atoms with van der Waals surface area (Å²) >= 11 is 0. The lowest BCUT2D eigenvalue weighted by atomic mass is 10.1. The number of aromatic hydroxyl groups is 1. The predicted octanol–water partition coefficient (Wildman–Crippen LogP) is 3.14. The van der Waals surface area contributed by atoms with Crippen molar-refractivity contribution in [3.05, 3.63) is 64.2 Å². The van der Waals surface area contributed by atoms with Crippen molar-refractivity contribution < 1.29 is 10.0 Å². The monoisotopic (exact) mass is 271 g/mol. The minimum atomic E-state index is -0.453. The summed E-state index contributed by atoms with van der Waals surface area (Å²) in [5.41, 5.74) is 4.98. The number of rotatable bonds is 4. The molecule has 0 aliphatic rings. The Labute approximate surface area is 115 Å². The second kappa shape index (κ2) is 5.83.